The van der Waals surface area contributed by atoms with E-state index in [1.54, 1.807) is 28.3 Å². The van der Waals surface area contributed by atoms with Crippen LogP contribution in [-0.2, 0) is 0 Å². The lowest BCUT2D eigenvalue weighted by molar-refractivity contribution is 0.574. The molecule has 0 amide bonds. The molecule has 0 fully saturated rings. The van der Waals surface area contributed by atoms with Gasteiger partial charge in [-0.25, -0.2) is 4.98 Å². The highest BCUT2D eigenvalue weighted by atomic mass is 32.1. The van der Waals surface area contributed by atoms with E-state index >= 15 is 0 Å². The molecule has 0 saturated heterocycles. The maximum atomic E-state index is 12.2. The van der Waals surface area contributed by atoms with Crippen molar-refractivity contribution in [3.63, 3.8) is 0 Å². The summed E-state index contributed by atoms with van der Waals surface area (Å²) in [5.41, 5.74) is -0.0732. The van der Waals surface area contributed by atoms with Crippen LogP contribution in [0.1, 0.15) is 37.7 Å². The topological polar surface area (TPSA) is 46.9 Å². The predicted molar refractivity (Wildman–Crippen MR) is 75.2 cm³/mol. The van der Waals surface area contributed by atoms with Crippen molar-refractivity contribution in [3.05, 3.63) is 45.1 Å². The molecule has 0 saturated carbocycles. The Morgan fingerprint density at radius 2 is 2.17 bits per heavy atom. The number of rotatable bonds is 4. The molecule has 2 aromatic heterocycles. The highest BCUT2D eigenvalue weighted by molar-refractivity contribution is 7.10. The van der Waals surface area contributed by atoms with Crippen LogP contribution in [0.4, 0.5) is 5.82 Å². The van der Waals surface area contributed by atoms with Crippen molar-refractivity contribution in [2.45, 2.75) is 32.9 Å². The predicted octanol–water partition coefficient (Wildman–Crippen LogP) is 3.06. The summed E-state index contributed by atoms with van der Waals surface area (Å²) in [6.45, 7) is 5.99. The van der Waals surface area contributed by atoms with E-state index in [2.05, 4.69) is 10.3 Å². The Morgan fingerprint density at radius 3 is 2.78 bits per heavy atom. The van der Waals surface area contributed by atoms with Gasteiger partial charge in [-0.05, 0) is 32.2 Å². The Kier molecular flexibility index (Phi) is 3.81. The van der Waals surface area contributed by atoms with Gasteiger partial charge in [0, 0.05) is 23.3 Å². The van der Waals surface area contributed by atoms with E-state index in [0.29, 0.717) is 5.82 Å². The normalized spacial score (nSPS) is 12.7. The first-order chi connectivity index (χ1) is 8.59. The maximum Gasteiger partial charge on any atom is 0.293 e. The van der Waals surface area contributed by atoms with Crippen molar-refractivity contribution in [2.75, 3.05) is 5.32 Å². The summed E-state index contributed by atoms with van der Waals surface area (Å²) < 4.78 is 1.68. The number of anilines is 1. The molecule has 96 valence electrons. The summed E-state index contributed by atoms with van der Waals surface area (Å²) >= 11 is 1.67. The van der Waals surface area contributed by atoms with Crippen molar-refractivity contribution >= 4 is 17.2 Å². The molecule has 1 unspecified atom stereocenters. The summed E-state index contributed by atoms with van der Waals surface area (Å²) in [6, 6.07) is 4.28. The van der Waals surface area contributed by atoms with Gasteiger partial charge in [0.1, 0.15) is 0 Å². The first-order valence-corrected chi connectivity index (χ1v) is 6.84. The summed E-state index contributed by atoms with van der Waals surface area (Å²) in [5.74, 6) is 0.409. The number of aromatic nitrogens is 2. The van der Waals surface area contributed by atoms with Crippen LogP contribution < -0.4 is 10.9 Å². The molecule has 0 aliphatic rings. The molecule has 2 rings (SSSR count). The van der Waals surface area contributed by atoms with Crippen LogP contribution in [0.25, 0.3) is 0 Å². The fourth-order valence-corrected chi connectivity index (χ4v) is 2.48. The minimum Gasteiger partial charge on any atom is -0.358 e. The molecule has 0 bridgehead atoms. The monoisotopic (exact) mass is 263 g/mol. The summed E-state index contributed by atoms with van der Waals surface area (Å²) in [6.07, 6.45) is 3.37. The molecule has 4 nitrogen and oxygen atoms in total. The number of hydrogen-bond donors (Lipinski definition) is 1. The second-order valence-corrected chi connectivity index (χ2v) is 5.44. The largest absolute Gasteiger partial charge is 0.358 e. The van der Waals surface area contributed by atoms with E-state index in [4.69, 9.17) is 0 Å². The van der Waals surface area contributed by atoms with E-state index in [-0.39, 0.29) is 17.6 Å². The summed E-state index contributed by atoms with van der Waals surface area (Å²) in [7, 11) is 0. The number of hydrogen-bond acceptors (Lipinski definition) is 4. The van der Waals surface area contributed by atoms with Crippen molar-refractivity contribution in [1.29, 1.82) is 0 Å². The van der Waals surface area contributed by atoms with Gasteiger partial charge in [0.2, 0.25) is 0 Å². The number of nitrogens with zero attached hydrogens (tertiary/aromatic N) is 2. The Labute approximate surface area is 110 Å². The first kappa shape index (κ1) is 12.8. The third kappa shape index (κ3) is 2.61. The molecule has 1 atom stereocenters. The fourth-order valence-electron chi connectivity index (χ4n) is 1.74. The second-order valence-electron chi connectivity index (χ2n) is 4.46. The molecule has 0 aliphatic heterocycles. The van der Waals surface area contributed by atoms with Gasteiger partial charge in [0.05, 0.1) is 6.04 Å². The molecular formula is C13H17N3OS. The Balaban J connectivity index is 2.25. The Bertz CT molecular complexity index is 560. The molecule has 0 spiro atoms. The first-order valence-electron chi connectivity index (χ1n) is 5.96. The average molecular weight is 263 g/mol. The van der Waals surface area contributed by atoms with Crippen molar-refractivity contribution in [3.8, 4) is 0 Å². The van der Waals surface area contributed by atoms with E-state index in [0.717, 1.165) is 0 Å². The van der Waals surface area contributed by atoms with Crippen LogP contribution in [0.15, 0.2) is 34.7 Å². The summed E-state index contributed by atoms with van der Waals surface area (Å²) in [5, 5.41) is 5.20. The smallest absolute Gasteiger partial charge is 0.293 e. The molecule has 2 heterocycles. The molecule has 1 N–H and O–H groups in total. The fraction of sp³-hybridized carbons (Fsp3) is 0.385. The lowest BCUT2D eigenvalue weighted by Crippen LogP contribution is -2.26. The molecule has 18 heavy (non-hydrogen) atoms. The minimum absolute atomic E-state index is 0.0732. The van der Waals surface area contributed by atoms with Crippen LogP contribution in [0.2, 0.25) is 0 Å². The quantitative estimate of drug-likeness (QED) is 0.922. The second kappa shape index (κ2) is 5.35. The SMILES string of the molecule is CC(Nc1nccn(C(C)C)c1=O)c1cccs1. The van der Waals surface area contributed by atoms with Gasteiger partial charge in [-0.3, -0.25) is 4.79 Å². The van der Waals surface area contributed by atoms with Crippen LogP contribution in [0.5, 0.6) is 0 Å². The number of nitrogens with one attached hydrogen (secondary N) is 1. The molecule has 2 aromatic rings. The van der Waals surface area contributed by atoms with Crippen molar-refractivity contribution < 1.29 is 0 Å². The van der Waals surface area contributed by atoms with E-state index in [9.17, 15) is 4.79 Å². The zero-order valence-corrected chi connectivity index (χ0v) is 11.6. The van der Waals surface area contributed by atoms with Gasteiger partial charge in [0.25, 0.3) is 5.56 Å². The van der Waals surface area contributed by atoms with Gasteiger partial charge in [-0.2, -0.15) is 0 Å². The molecule has 5 heteroatoms. The van der Waals surface area contributed by atoms with Crippen LogP contribution in [-0.4, -0.2) is 9.55 Å². The zero-order valence-electron chi connectivity index (χ0n) is 10.8. The standard InChI is InChI=1S/C13H17N3OS/c1-9(2)16-7-6-14-12(13(16)17)15-10(3)11-5-4-8-18-11/h4-10H,1-3H3,(H,14,15). The zero-order chi connectivity index (χ0) is 13.1. The van der Waals surface area contributed by atoms with E-state index < -0.39 is 0 Å². The molecule has 0 aliphatic carbocycles. The van der Waals surface area contributed by atoms with Crippen molar-refractivity contribution in [1.82, 2.24) is 9.55 Å². The maximum absolute atomic E-state index is 12.2. The highest BCUT2D eigenvalue weighted by Crippen LogP contribution is 2.20. The molecule has 0 aromatic carbocycles. The lowest BCUT2D eigenvalue weighted by atomic mass is 10.3. The third-order valence-corrected chi connectivity index (χ3v) is 3.80. The minimum atomic E-state index is -0.0732. The highest BCUT2D eigenvalue weighted by Gasteiger charge is 2.11. The van der Waals surface area contributed by atoms with Gasteiger partial charge in [-0.15, -0.1) is 11.3 Å². The Morgan fingerprint density at radius 1 is 1.39 bits per heavy atom. The molecular weight excluding hydrogens is 246 g/mol. The van der Waals surface area contributed by atoms with Crippen LogP contribution in [0, 0.1) is 0 Å². The molecule has 0 radical (unpaired) electrons. The Hall–Kier alpha value is -1.62. The van der Waals surface area contributed by atoms with Crippen LogP contribution >= 0.6 is 11.3 Å². The number of thiophene rings is 1. The third-order valence-electron chi connectivity index (χ3n) is 2.75. The van der Waals surface area contributed by atoms with Gasteiger partial charge >= 0.3 is 0 Å². The van der Waals surface area contributed by atoms with E-state index in [1.165, 1.54) is 4.88 Å². The van der Waals surface area contributed by atoms with Gasteiger partial charge in [-0.1, -0.05) is 6.07 Å². The van der Waals surface area contributed by atoms with Gasteiger partial charge < -0.3 is 9.88 Å². The summed E-state index contributed by atoms with van der Waals surface area (Å²) in [4.78, 5) is 17.5. The van der Waals surface area contributed by atoms with Crippen LogP contribution in [0.3, 0.4) is 0 Å². The van der Waals surface area contributed by atoms with Gasteiger partial charge in [0.15, 0.2) is 5.82 Å². The average Bonchev–Trinajstić information content (AvgIpc) is 2.85. The van der Waals surface area contributed by atoms with E-state index in [1.807, 2.05) is 38.3 Å². The van der Waals surface area contributed by atoms with Crippen molar-refractivity contribution in [2.24, 2.45) is 0 Å². The lowest BCUT2D eigenvalue weighted by Gasteiger charge is -2.15.